The number of carbonyl (C=O) groups is 1. The number of rotatable bonds is 3. The predicted molar refractivity (Wildman–Crippen MR) is 78.8 cm³/mol. The predicted octanol–water partition coefficient (Wildman–Crippen LogP) is 2.83. The Bertz CT molecular complexity index is 656. The van der Waals surface area contributed by atoms with Crippen LogP contribution in [0, 0.1) is 0 Å². The van der Waals surface area contributed by atoms with Crippen molar-refractivity contribution in [3.05, 3.63) is 29.3 Å². The lowest BCUT2D eigenvalue weighted by atomic mass is 10.3. The maximum atomic E-state index is 11.4. The minimum absolute atomic E-state index is 0.390. The summed E-state index contributed by atoms with van der Waals surface area (Å²) in [5, 5.41) is 3.75. The molecule has 0 radical (unpaired) electrons. The average Bonchev–Trinajstić information content (AvgIpc) is 2.83. The summed E-state index contributed by atoms with van der Waals surface area (Å²) in [7, 11) is 1.35. The Labute approximate surface area is 125 Å². The summed E-state index contributed by atoms with van der Waals surface area (Å²) >= 11 is 1.23. The number of anilines is 2. The van der Waals surface area contributed by atoms with Crippen LogP contribution in [0.1, 0.15) is 16.1 Å². The topological polar surface area (TPSA) is 69.7 Å². The van der Waals surface area contributed by atoms with Crippen LogP contribution in [0.4, 0.5) is 10.8 Å². The lowest BCUT2D eigenvalue weighted by Crippen LogP contribution is -1.97. The van der Waals surface area contributed by atoms with E-state index in [1.165, 1.54) is 24.6 Å². The van der Waals surface area contributed by atoms with Crippen LogP contribution in [-0.4, -0.2) is 31.3 Å². The lowest BCUT2D eigenvalue weighted by Gasteiger charge is -2.09. The molecule has 1 aromatic heterocycles. The van der Waals surface area contributed by atoms with Gasteiger partial charge in [-0.2, -0.15) is 0 Å². The fraction of sp³-hybridized carbons (Fsp3) is 0.286. The zero-order valence-electron chi connectivity index (χ0n) is 11.4. The quantitative estimate of drug-likeness (QED) is 0.879. The molecule has 0 saturated carbocycles. The molecule has 0 saturated heterocycles. The van der Waals surface area contributed by atoms with Crippen molar-refractivity contribution in [3.63, 3.8) is 0 Å². The number of methoxy groups -OCH3 is 1. The van der Waals surface area contributed by atoms with Gasteiger partial charge in [0.15, 0.2) is 16.6 Å². The molecule has 1 aromatic carbocycles. The second-order valence-electron chi connectivity index (χ2n) is 4.36. The van der Waals surface area contributed by atoms with E-state index in [0.29, 0.717) is 29.0 Å². The second-order valence-corrected chi connectivity index (χ2v) is 5.39. The maximum absolute atomic E-state index is 11.4. The van der Waals surface area contributed by atoms with Crippen molar-refractivity contribution in [2.24, 2.45) is 0 Å². The number of aromatic nitrogens is 1. The minimum atomic E-state index is -0.390. The number of hydrogen-bond donors (Lipinski definition) is 1. The molecule has 0 unspecified atom stereocenters. The highest BCUT2D eigenvalue weighted by Gasteiger charge is 2.13. The van der Waals surface area contributed by atoms with Crippen LogP contribution in [0.2, 0.25) is 0 Å². The van der Waals surface area contributed by atoms with Crippen LogP contribution >= 0.6 is 11.3 Å². The molecule has 3 rings (SSSR count). The number of ether oxygens (including phenoxy) is 3. The fourth-order valence-electron chi connectivity index (χ4n) is 1.89. The van der Waals surface area contributed by atoms with Gasteiger partial charge in [-0.1, -0.05) is 11.3 Å². The van der Waals surface area contributed by atoms with Gasteiger partial charge in [0.1, 0.15) is 4.88 Å². The van der Waals surface area contributed by atoms with E-state index in [2.05, 4.69) is 15.0 Å². The van der Waals surface area contributed by atoms with E-state index in [-0.39, 0.29) is 5.97 Å². The molecule has 0 atom stereocenters. The van der Waals surface area contributed by atoms with Gasteiger partial charge in [0, 0.05) is 18.2 Å². The Balaban J connectivity index is 1.77. The maximum Gasteiger partial charge on any atom is 0.349 e. The van der Waals surface area contributed by atoms with Crippen molar-refractivity contribution in [1.82, 2.24) is 4.98 Å². The van der Waals surface area contributed by atoms with Gasteiger partial charge in [-0.05, 0) is 12.1 Å². The van der Waals surface area contributed by atoms with E-state index in [1.54, 1.807) is 0 Å². The van der Waals surface area contributed by atoms with Gasteiger partial charge < -0.3 is 19.5 Å². The number of fused-ring (bicyclic) bond motifs is 1. The van der Waals surface area contributed by atoms with Gasteiger partial charge in [0.2, 0.25) is 0 Å². The van der Waals surface area contributed by atoms with Crippen LogP contribution < -0.4 is 14.8 Å². The summed E-state index contributed by atoms with van der Waals surface area (Å²) in [6.45, 7) is 1.30. The molecule has 0 aliphatic carbocycles. The molecule has 1 aliphatic heterocycles. The first-order valence-electron chi connectivity index (χ1n) is 6.47. The minimum Gasteiger partial charge on any atom is -0.490 e. The molecular formula is C14H14N2O4S. The Kier molecular flexibility index (Phi) is 3.92. The van der Waals surface area contributed by atoms with Gasteiger partial charge in [0.05, 0.1) is 26.5 Å². The van der Waals surface area contributed by atoms with Gasteiger partial charge in [0.25, 0.3) is 0 Å². The summed E-state index contributed by atoms with van der Waals surface area (Å²) < 4.78 is 15.9. The molecule has 6 nitrogen and oxygen atoms in total. The molecule has 0 amide bonds. The van der Waals surface area contributed by atoms with E-state index in [9.17, 15) is 4.79 Å². The first-order valence-corrected chi connectivity index (χ1v) is 7.29. The van der Waals surface area contributed by atoms with Crippen LogP contribution in [0.15, 0.2) is 24.4 Å². The largest absolute Gasteiger partial charge is 0.490 e. The first-order chi connectivity index (χ1) is 10.3. The third kappa shape index (κ3) is 3.08. The molecular weight excluding hydrogens is 292 g/mol. The van der Waals surface area contributed by atoms with Crippen molar-refractivity contribution in [3.8, 4) is 11.5 Å². The fourth-order valence-corrected chi connectivity index (χ4v) is 2.65. The van der Waals surface area contributed by atoms with Gasteiger partial charge in [-0.15, -0.1) is 0 Å². The summed E-state index contributed by atoms with van der Waals surface area (Å²) in [6, 6.07) is 5.60. The summed E-state index contributed by atoms with van der Waals surface area (Å²) in [5.74, 6) is 1.06. The molecule has 1 aliphatic rings. The molecule has 1 N–H and O–H groups in total. The second kappa shape index (κ2) is 6.01. The zero-order chi connectivity index (χ0) is 14.7. The van der Waals surface area contributed by atoms with Crippen LogP contribution in [-0.2, 0) is 4.74 Å². The molecule has 0 fully saturated rings. The Hall–Kier alpha value is -2.28. The molecule has 110 valence electrons. The normalized spacial score (nSPS) is 13.4. The van der Waals surface area contributed by atoms with Crippen molar-refractivity contribution < 1.29 is 19.0 Å². The van der Waals surface area contributed by atoms with Crippen LogP contribution in [0.5, 0.6) is 11.5 Å². The number of nitrogens with one attached hydrogen (secondary N) is 1. The standard InChI is InChI=1S/C14H14N2O4S/c1-18-13(17)12-8-15-14(21-12)16-9-3-4-10-11(7-9)20-6-2-5-19-10/h3-4,7-8H,2,5-6H2,1H3,(H,15,16). The number of benzene rings is 1. The van der Waals surface area contributed by atoms with Crippen LogP contribution in [0.3, 0.4) is 0 Å². The van der Waals surface area contributed by atoms with E-state index < -0.39 is 0 Å². The molecule has 0 spiro atoms. The third-order valence-electron chi connectivity index (χ3n) is 2.89. The number of nitrogens with zero attached hydrogens (tertiary/aromatic N) is 1. The van der Waals surface area contributed by atoms with E-state index >= 15 is 0 Å². The summed E-state index contributed by atoms with van der Waals surface area (Å²) in [6.07, 6.45) is 2.36. The van der Waals surface area contributed by atoms with E-state index in [0.717, 1.165) is 17.9 Å². The van der Waals surface area contributed by atoms with E-state index in [1.807, 2.05) is 18.2 Å². The number of thiazole rings is 1. The number of carbonyl (C=O) groups excluding carboxylic acids is 1. The number of hydrogen-bond acceptors (Lipinski definition) is 7. The highest BCUT2D eigenvalue weighted by molar-refractivity contribution is 7.17. The first kappa shape index (κ1) is 13.7. The van der Waals surface area contributed by atoms with Gasteiger partial charge in [-0.3, -0.25) is 0 Å². The van der Waals surface area contributed by atoms with Gasteiger partial charge >= 0.3 is 5.97 Å². The Morgan fingerprint density at radius 2 is 2.14 bits per heavy atom. The van der Waals surface area contributed by atoms with Crippen molar-refractivity contribution >= 4 is 28.1 Å². The average molecular weight is 306 g/mol. The van der Waals surface area contributed by atoms with E-state index in [4.69, 9.17) is 9.47 Å². The molecule has 7 heteroatoms. The zero-order valence-corrected chi connectivity index (χ0v) is 12.2. The van der Waals surface area contributed by atoms with Crippen LogP contribution in [0.25, 0.3) is 0 Å². The summed E-state index contributed by atoms with van der Waals surface area (Å²) in [4.78, 5) is 16.0. The Morgan fingerprint density at radius 1 is 1.33 bits per heavy atom. The SMILES string of the molecule is COC(=O)c1cnc(Nc2ccc3c(c2)OCCCO3)s1. The highest BCUT2D eigenvalue weighted by Crippen LogP contribution is 2.33. The summed E-state index contributed by atoms with van der Waals surface area (Å²) in [5.41, 5.74) is 0.824. The number of esters is 1. The Morgan fingerprint density at radius 3 is 2.95 bits per heavy atom. The monoisotopic (exact) mass is 306 g/mol. The molecule has 2 heterocycles. The van der Waals surface area contributed by atoms with Crippen molar-refractivity contribution in [2.75, 3.05) is 25.6 Å². The highest BCUT2D eigenvalue weighted by atomic mass is 32.1. The van der Waals surface area contributed by atoms with Gasteiger partial charge in [-0.25, -0.2) is 9.78 Å². The molecule has 0 bridgehead atoms. The molecule has 2 aromatic rings. The molecule has 21 heavy (non-hydrogen) atoms. The lowest BCUT2D eigenvalue weighted by molar-refractivity contribution is 0.0606. The third-order valence-corrected chi connectivity index (χ3v) is 3.78. The smallest absolute Gasteiger partial charge is 0.349 e. The van der Waals surface area contributed by atoms with Crippen molar-refractivity contribution in [2.45, 2.75) is 6.42 Å². The van der Waals surface area contributed by atoms with Crippen molar-refractivity contribution in [1.29, 1.82) is 0 Å².